The van der Waals surface area contributed by atoms with Gasteiger partial charge in [-0.2, -0.15) is 10.2 Å². The highest BCUT2D eigenvalue weighted by atomic mass is 16.5. The van der Waals surface area contributed by atoms with Gasteiger partial charge in [-0.1, -0.05) is 42.5 Å². The molecule has 118 valence electrons. The normalized spacial score (nSPS) is 19.2. The van der Waals surface area contributed by atoms with Gasteiger partial charge in [0.1, 0.15) is 0 Å². The summed E-state index contributed by atoms with van der Waals surface area (Å²) in [5.41, 5.74) is 4.02. The van der Waals surface area contributed by atoms with Crippen LogP contribution in [0, 0.1) is 0 Å². The summed E-state index contributed by atoms with van der Waals surface area (Å²) >= 11 is 0. The molecule has 0 fully saturated rings. The average molecular weight is 308 g/mol. The number of carbonyl (C=O) groups is 1. The van der Waals surface area contributed by atoms with Crippen LogP contribution in [0.4, 0.5) is 5.69 Å². The number of fused-ring (bicyclic) bond motifs is 3. The van der Waals surface area contributed by atoms with Crippen LogP contribution in [0.5, 0.6) is 0 Å². The molecule has 0 bridgehead atoms. The van der Waals surface area contributed by atoms with Gasteiger partial charge in [0.05, 0.1) is 17.8 Å². The Morgan fingerprint density at radius 2 is 1.83 bits per heavy atom. The van der Waals surface area contributed by atoms with Gasteiger partial charge in [0.15, 0.2) is 0 Å². The van der Waals surface area contributed by atoms with Gasteiger partial charge in [-0.25, -0.2) is 0 Å². The molecular weight excluding hydrogens is 288 g/mol. The van der Waals surface area contributed by atoms with Crippen molar-refractivity contribution in [2.24, 2.45) is 10.2 Å². The first-order valence-corrected chi connectivity index (χ1v) is 7.81. The van der Waals surface area contributed by atoms with Crippen molar-refractivity contribution >= 4 is 11.7 Å². The van der Waals surface area contributed by atoms with Crippen LogP contribution in [0.1, 0.15) is 25.8 Å². The van der Waals surface area contributed by atoms with Crippen LogP contribution in [-0.2, 0) is 16.0 Å². The molecular formula is C19H20N2O2. The van der Waals surface area contributed by atoms with E-state index in [9.17, 15) is 4.79 Å². The van der Waals surface area contributed by atoms with Crippen LogP contribution < -0.4 is 0 Å². The minimum Gasteiger partial charge on any atom is -0.466 e. The molecule has 4 heteroatoms. The van der Waals surface area contributed by atoms with Crippen LogP contribution in [0.3, 0.4) is 0 Å². The lowest BCUT2D eigenvalue weighted by Gasteiger charge is -2.27. The first-order chi connectivity index (χ1) is 11.1. The Morgan fingerprint density at radius 1 is 1.13 bits per heavy atom. The van der Waals surface area contributed by atoms with E-state index in [1.807, 2.05) is 30.3 Å². The number of rotatable bonds is 3. The van der Waals surface area contributed by atoms with Gasteiger partial charge in [-0.15, -0.1) is 0 Å². The second kappa shape index (κ2) is 6.32. The highest BCUT2D eigenvalue weighted by molar-refractivity contribution is 5.78. The van der Waals surface area contributed by atoms with Gasteiger partial charge >= 0.3 is 5.97 Å². The number of nitrogens with zero attached hydrogens (tertiary/aromatic N) is 2. The van der Waals surface area contributed by atoms with Crippen molar-refractivity contribution in [2.45, 2.75) is 32.2 Å². The maximum Gasteiger partial charge on any atom is 0.302 e. The predicted octanol–water partition coefficient (Wildman–Crippen LogP) is 4.71. The SMILES string of the molecule is CC(=O)OCCC1(C)Cc2ccccc2-c2ccccc2N=N1. The van der Waals surface area contributed by atoms with Crippen LogP contribution in [0.25, 0.3) is 11.1 Å². The van der Waals surface area contributed by atoms with Crippen molar-refractivity contribution in [1.82, 2.24) is 0 Å². The first kappa shape index (κ1) is 15.4. The molecule has 0 saturated heterocycles. The summed E-state index contributed by atoms with van der Waals surface area (Å²) in [4.78, 5) is 11.0. The molecule has 0 saturated carbocycles. The third-order valence-corrected chi connectivity index (χ3v) is 4.13. The van der Waals surface area contributed by atoms with Crippen molar-refractivity contribution in [3.63, 3.8) is 0 Å². The number of benzene rings is 2. The molecule has 3 rings (SSSR count). The molecule has 4 nitrogen and oxygen atoms in total. The Hall–Kier alpha value is -2.49. The number of hydrogen-bond acceptors (Lipinski definition) is 4. The lowest BCUT2D eigenvalue weighted by Crippen LogP contribution is -2.28. The summed E-state index contributed by atoms with van der Waals surface area (Å²) in [5.74, 6) is -0.262. The molecule has 0 spiro atoms. The largest absolute Gasteiger partial charge is 0.466 e. The molecule has 0 amide bonds. The zero-order valence-corrected chi connectivity index (χ0v) is 13.5. The van der Waals surface area contributed by atoms with Crippen molar-refractivity contribution in [1.29, 1.82) is 0 Å². The van der Waals surface area contributed by atoms with E-state index in [1.165, 1.54) is 18.1 Å². The quantitative estimate of drug-likeness (QED) is 0.771. The van der Waals surface area contributed by atoms with Crippen molar-refractivity contribution in [3.05, 3.63) is 54.1 Å². The van der Waals surface area contributed by atoms with E-state index in [4.69, 9.17) is 4.74 Å². The van der Waals surface area contributed by atoms with E-state index in [0.717, 1.165) is 17.7 Å². The highest BCUT2D eigenvalue weighted by Gasteiger charge is 2.28. The smallest absolute Gasteiger partial charge is 0.302 e. The van der Waals surface area contributed by atoms with Crippen molar-refractivity contribution in [3.8, 4) is 11.1 Å². The van der Waals surface area contributed by atoms with E-state index in [2.05, 4.69) is 35.4 Å². The van der Waals surface area contributed by atoms with Gasteiger partial charge in [-0.3, -0.25) is 4.79 Å². The molecule has 1 aliphatic heterocycles. The van der Waals surface area contributed by atoms with E-state index in [-0.39, 0.29) is 11.5 Å². The summed E-state index contributed by atoms with van der Waals surface area (Å²) in [5, 5.41) is 9.07. The van der Waals surface area contributed by atoms with Gasteiger partial charge < -0.3 is 4.74 Å². The molecule has 1 aliphatic rings. The van der Waals surface area contributed by atoms with Crippen molar-refractivity contribution in [2.75, 3.05) is 6.61 Å². The molecule has 2 aromatic carbocycles. The van der Waals surface area contributed by atoms with Crippen molar-refractivity contribution < 1.29 is 9.53 Å². The Morgan fingerprint density at radius 3 is 2.61 bits per heavy atom. The Kier molecular flexibility index (Phi) is 4.24. The lowest BCUT2D eigenvalue weighted by atomic mass is 9.86. The zero-order valence-electron chi connectivity index (χ0n) is 13.5. The Bertz CT molecular complexity index is 755. The van der Waals surface area contributed by atoms with Gasteiger partial charge in [0.25, 0.3) is 0 Å². The number of ether oxygens (including phenoxy) is 1. The van der Waals surface area contributed by atoms with Crippen LogP contribution in [0.2, 0.25) is 0 Å². The molecule has 2 aromatic rings. The maximum atomic E-state index is 11.0. The van der Waals surface area contributed by atoms with E-state index >= 15 is 0 Å². The molecule has 1 unspecified atom stereocenters. The Balaban J connectivity index is 1.99. The fourth-order valence-electron chi connectivity index (χ4n) is 2.90. The lowest BCUT2D eigenvalue weighted by molar-refractivity contribution is -0.141. The third-order valence-electron chi connectivity index (χ3n) is 4.13. The molecule has 0 aliphatic carbocycles. The molecule has 1 atom stereocenters. The standard InChI is InChI=1S/C19H20N2O2/c1-14(22)23-12-11-19(2)13-15-7-3-4-8-16(15)17-9-5-6-10-18(17)20-21-19/h3-10H,11-13H2,1-2H3. The molecule has 1 heterocycles. The molecule has 23 heavy (non-hydrogen) atoms. The van der Waals surface area contributed by atoms with Crippen LogP contribution in [0.15, 0.2) is 58.8 Å². The summed E-state index contributed by atoms with van der Waals surface area (Å²) < 4.78 is 5.10. The summed E-state index contributed by atoms with van der Waals surface area (Å²) in [6.45, 7) is 3.84. The third kappa shape index (κ3) is 3.47. The number of hydrogen-bond donors (Lipinski definition) is 0. The fourth-order valence-corrected chi connectivity index (χ4v) is 2.90. The molecule has 0 radical (unpaired) electrons. The summed E-state index contributed by atoms with van der Waals surface area (Å²) in [7, 11) is 0. The number of esters is 1. The Labute approximate surface area is 136 Å². The second-order valence-corrected chi connectivity index (χ2v) is 6.14. The van der Waals surface area contributed by atoms with Gasteiger partial charge in [0, 0.05) is 18.9 Å². The second-order valence-electron chi connectivity index (χ2n) is 6.14. The number of carbonyl (C=O) groups excluding carboxylic acids is 1. The summed E-state index contributed by atoms with van der Waals surface area (Å²) in [6.07, 6.45) is 1.41. The summed E-state index contributed by atoms with van der Waals surface area (Å²) in [6, 6.07) is 16.4. The maximum absolute atomic E-state index is 11.0. The van der Waals surface area contributed by atoms with E-state index in [1.54, 1.807) is 0 Å². The minimum absolute atomic E-state index is 0.262. The topological polar surface area (TPSA) is 51.0 Å². The van der Waals surface area contributed by atoms with E-state index in [0.29, 0.717) is 13.0 Å². The van der Waals surface area contributed by atoms with E-state index < -0.39 is 0 Å². The van der Waals surface area contributed by atoms with Crippen LogP contribution >= 0.6 is 0 Å². The average Bonchev–Trinajstić information content (AvgIpc) is 2.52. The van der Waals surface area contributed by atoms with Gasteiger partial charge in [0.2, 0.25) is 0 Å². The highest BCUT2D eigenvalue weighted by Crippen LogP contribution is 2.38. The zero-order chi connectivity index (χ0) is 16.3. The first-order valence-electron chi connectivity index (χ1n) is 7.81. The molecule has 0 aromatic heterocycles. The monoisotopic (exact) mass is 308 g/mol. The van der Waals surface area contributed by atoms with Crippen LogP contribution in [-0.4, -0.2) is 18.1 Å². The fraction of sp³-hybridized carbons (Fsp3) is 0.316. The minimum atomic E-state index is -0.390. The van der Waals surface area contributed by atoms with Gasteiger partial charge in [-0.05, 0) is 30.5 Å². The predicted molar refractivity (Wildman–Crippen MR) is 89.8 cm³/mol. The number of azo groups is 1. The molecule has 0 N–H and O–H groups in total.